The Labute approximate surface area is 85.3 Å². The van der Waals surface area contributed by atoms with Crippen molar-refractivity contribution < 1.29 is 9.00 Å². The van der Waals surface area contributed by atoms with Gasteiger partial charge in [0.05, 0.1) is 10.5 Å². The van der Waals surface area contributed by atoms with Crippen LogP contribution in [0.1, 0.15) is 23.7 Å². The zero-order chi connectivity index (χ0) is 10.1. The third-order valence-corrected chi connectivity index (χ3v) is 3.64. The van der Waals surface area contributed by atoms with Gasteiger partial charge in [0.2, 0.25) is 0 Å². The molecule has 0 saturated carbocycles. The Hall–Kier alpha value is -1.16. The van der Waals surface area contributed by atoms with E-state index in [1.54, 1.807) is 24.3 Å². The van der Waals surface area contributed by atoms with Crippen LogP contribution in [0.15, 0.2) is 29.2 Å². The van der Waals surface area contributed by atoms with Crippen LogP contribution in [0, 0.1) is 0 Å². The van der Waals surface area contributed by atoms with Crippen molar-refractivity contribution in [1.82, 2.24) is 4.31 Å². The summed E-state index contributed by atoms with van der Waals surface area (Å²) in [5.74, 6) is -0.110. The molecule has 4 heteroatoms. The zero-order valence-electron chi connectivity index (χ0n) is 7.90. The molecule has 0 fully saturated rings. The highest BCUT2D eigenvalue weighted by Crippen LogP contribution is 2.26. The van der Waals surface area contributed by atoms with E-state index in [1.807, 2.05) is 6.92 Å². The molecule has 1 aliphatic heterocycles. The molecule has 0 radical (unpaired) electrons. The molecule has 2 rings (SSSR count). The minimum atomic E-state index is -1.28. The van der Waals surface area contributed by atoms with E-state index >= 15 is 0 Å². The van der Waals surface area contributed by atoms with Gasteiger partial charge in [-0.3, -0.25) is 9.10 Å². The first-order valence-electron chi connectivity index (χ1n) is 4.58. The first-order chi connectivity index (χ1) is 6.75. The fraction of sp³-hybridized carbons (Fsp3) is 0.300. The highest BCUT2D eigenvalue weighted by molar-refractivity contribution is 7.84. The zero-order valence-corrected chi connectivity index (χ0v) is 8.71. The lowest BCUT2D eigenvalue weighted by Crippen LogP contribution is -2.26. The molecule has 0 saturated heterocycles. The minimum Gasteiger partial charge on any atom is -0.268 e. The molecule has 1 aliphatic rings. The van der Waals surface area contributed by atoms with E-state index in [2.05, 4.69) is 0 Å². The second-order valence-corrected chi connectivity index (χ2v) is 4.53. The number of carbonyl (C=O) groups excluding carboxylic acids is 1. The Morgan fingerprint density at radius 3 is 2.71 bits per heavy atom. The van der Waals surface area contributed by atoms with E-state index < -0.39 is 11.0 Å². The Morgan fingerprint density at radius 1 is 1.36 bits per heavy atom. The summed E-state index contributed by atoms with van der Waals surface area (Å²) in [7, 11) is -1.28. The molecule has 14 heavy (non-hydrogen) atoms. The third kappa shape index (κ3) is 1.26. The summed E-state index contributed by atoms with van der Waals surface area (Å²) in [5, 5.41) is 0. The summed E-state index contributed by atoms with van der Waals surface area (Å²) in [5.41, 5.74) is 0.583. The van der Waals surface area contributed by atoms with Gasteiger partial charge < -0.3 is 0 Å². The molecule has 3 nitrogen and oxygen atoms in total. The van der Waals surface area contributed by atoms with E-state index in [0.717, 1.165) is 6.42 Å². The number of fused-ring (bicyclic) bond motifs is 1. The van der Waals surface area contributed by atoms with Crippen molar-refractivity contribution in [3.05, 3.63) is 29.8 Å². The highest BCUT2D eigenvalue weighted by Gasteiger charge is 2.33. The molecule has 1 unspecified atom stereocenters. The predicted molar refractivity (Wildman–Crippen MR) is 54.2 cm³/mol. The van der Waals surface area contributed by atoms with Gasteiger partial charge in [0.1, 0.15) is 0 Å². The van der Waals surface area contributed by atoms with Gasteiger partial charge in [0, 0.05) is 6.54 Å². The van der Waals surface area contributed by atoms with Gasteiger partial charge in [-0.25, -0.2) is 4.21 Å². The average molecular weight is 209 g/mol. The van der Waals surface area contributed by atoms with Crippen LogP contribution in [-0.2, 0) is 11.0 Å². The van der Waals surface area contributed by atoms with Gasteiger partial charge >= 0.3 is 0 Å². The van der Waals surface area contributed by atoms with Crippen molar-refractivity contribution in [2.45, 2.75) is 18.2 Å². The normalized spacial score (nSPS) is 19.9. The lowest BCUT2D eigenvalue weighted by atomic mass is 10.2. The number of nitrogens with zero attached hydrogens (tertiary/aromatic N) is 1. The van der Waals surface area contributed by atoms with Crippen molar-refractivity contribution in [1.29, 1.82) is 0 Å². The summed E-state index contributed by atoms with van der Waals surface area (Å²) in [6, 6.07) is 7.08. The number of carbonyl (C=O) groups is 1. The summed E-state index contributed by atoms with van der Waals surface area (Å²) in [6.07, 6.45) is 0.825. The quantitative estimate of drug-likeness (QED) is 0.741. The molecule has 1 aromatic rings. The molecular formula is C10H11NO2S. The van der Waals surface area contributed by atoms with Gasteiger partial charge in [-0.1, -0.05) is 19.1 Å². The second-order valence-electron chi connectivity index (χ2n) is 3.15. The molecule has 1 aromatic carbocycles. The van der Waals surface area contributed by atoms with Gasteiger partial charge in [0.15, 0.2) is 11.0 Å². The van der Waals surface area contributed by atoms with E-state index in [9.17, 15) is 9.00 Å². The first-order valence-corrected chi connectivity index (χ1v) is 5.69. The third-order valence-electron chi connectivity index (χ3n) is 2.16. The molecule has 0 aromatic heterocycles. The van der Waals surface area contributed by atoms with E-state index in [-0.39, 0.29) is 5.91 Å². The van der Waals surface area contributed by atoms with Crippen molar-refractivity contribution in [3.8, 4) is 0 Å². The topological polar surface area (TPSA) is 37.4 Å². The number of hydrogen-bond donors (Lipinski definition) is 0. The van der Waals surface area contributed by atoms with E-state index in [1.165, 1.54) is 4.31 Å². The summed E-state index contributed by atoms with van der Waals surface area (Å²) in [4.78, 5) is 12.4. The summed E-state index contributed by atoms with van der Waals surface area (Å²) in [6.45, 7) is 2.52. The maximum Gasteiger partial charge on any atom is 0.267 e. The summed E-state index contributed by atoms with van der Waals surface area (Å²) < 4.78 is 13.2. The lowest BCUT2D eigenvalue weighted by molar-refractivity contribution is 0.0875. The van der Waals surface area contributed by atoms with Crippen LogP contribution in [0.25, 0.3) is 0 Å². The monoisotopic (exact) mass is 209 g/mol. The van der Waals surface area contributed by atoms with Crippen LogP contribution in [0.2, 0.25) is 0 Å². The number of amides is 1. The SMILES string of the molecule is CCCN1C(=O)c2ccccc2S1=O. The molecular weight excluding hydrogens is 198 g/mol. The van der Waals surface area contributed by atoms with Gasteiger partial charge in [-0.15, -0.1) is 0 Å². The van der Waals surface area contributed by atoms with Crippen molar-refractivity contribution in [3.63, 3.8) is 0 Å². The Morgan fingerprint density at radius 2 is 2.07 bits per heavy atom. The maximum absolute atomic E-state index is 11.8. The average Bonchev–Trinajstić information content (AvgIpc) is 2.45. The van der Waals surface area contributed by atoms with Crippen molar-refractivity contribution in [2.24, 2.45) is 0 Å². The smallest absolute Gasteiger partial charge is 0.267 e. The second kappa shape index (κ2) is 3.53. The number of benzene rings is 1. The minimum absolute atomic E-state index is 0.110. The fourth-order valence-electron chi connectivity index (χ4n) is 1.51. The molecule has 1 amide bonds. The van der Waals surface area contributed by atoms with Crippen LogP contribution in [0.5, 0.6) is 0 Å². The molecule has 1 atom stereocenters. The highest BCUT2D eigenvalue weighted by atomic mass is 32.2. The fourth-order valence-corrected chi connectivity index (χ4v) is 2.88. The van der Waals surface area contributed by atoms with Crippen LogP contribution < -0.4 is 0 Å². The molecule has 0 spiro atoms. The first kappa shape index (κ1) is 9.40. The molecule has 74 valence electrons. The molecule has 0 bridgehead atoms. The Balaban J connectivity index is 2.43. The lowest BCUT2D eigenvalue weighted by Gasteiger charge is -2.11. The van der Waals surface area contributed by atoms with Gasteiger partial charge in [0.25, 0.3) is 5.91 Å². The predicted octanol–water partition coefficient (Wildman–Crippen LogP) is 1.58. The largest absolute Gasteiger partial charge is 0.268 e. The summed E-state index contributed by atoms with van der Waals surface area (Å²) >= 11 is 0. The molecule has 1 heterocycles. The van der Waals surface area contributed by atoms with E-state index in [0.29, 0.717) is 17.0 Å². The van der Waals surface area contributed by atoms with Crippen molar-refractivity contribution in [2.75, 3.05) is 6.54 Å². The number of rotatable bonds is 2. The van der Waals surface area contributed by atoms with E-state index in [4.69, 9.17) is 0 Å². The Bertz CT molecular complexity index is 368. The van der Waals surface area contributed by atoms with Crippen molar-refractivity contribution >= 4 is 16.9 Å². The maximum atomic E-state index is 11.8. The van der Waals surface area contributed by atoms with Crippen LogP contribution >= 0.6 is 0 Å². The van der Waals surface area contributed by atoms with Crippen LogP contribution in [-0.4, -0.2) is 21.0 Å². The Kier molecular flexibility index (Phi) is 2.37. The molecule has 0 aliphatic carbocycles. The van der Waals surface area contributed by atoms with Gasteiger partial charge in [-0.2, -0.15) is 0 Å². The van der Waals surface area contributed by atoms with Crippen LogP contribution in [0.3, 0.4) is 0 Å². The van der Waals surface area contributed by atoms with Gasteiger partial charge in [-0.05, 0) is 18.6 Å². The standard InChI is InChI=1S/C10H11NO2S/c1-2-7-11-10(12)8-5-3-4-6-9(8)14(11)13/h3-6H,2,7H2,1H3. The van der Waals surface area contributed by atoms with Crippen LogP contribution in [0.4, 0.5) is 0 Å². The number of hydrogen-bond acceptors (Lipinski definition) is 2. The molecule has 0 N–H and O–H groups in total.